The molecule has 5 heteroatoms. The fourth-order valence-corrected chi connectivity index (χ4v) is 3.33. The van der Waals surface area contributed by atoms with Gasteiger partial charge in [0, 0.05) is 21.2 Å². The highest BCUT2D eigenvalue weighted by atomic mass is 79.9. The largest absolute Gasteiger partial charge is 0.497 e. The maximum absolute atomic E-state index is 10.3. The first-order valence-corrected chi connectivity index (χ1v) is 8.19. The van der Waals surface area contributed by atoms with Gasteiger partial charge in [0.05, 0.1) is 20.3 Å². The SMILES string of the molecule is COc1cc(OC)cc(C(O)CSc2cccc(Br)c2)c1. The Bertz CT molecular complexity index is 582. The first-order chi connectivity index (χ1) is 10.1. The molecule has 1 unspecified atom stereocenters. The Morgan fingerprint density at radius 2 is 1.76 bits per heavy atom. The van der Waals surface area contributed by atoms with Crippen LogP contribution in [0.15, 0.2) is 51.8 Å². The minimum atomic E-state index is -0.585. The Hall–Kier alpha value is -1.17. The third kappa shape index (κ3) is 4.66. The van der Waals surface area contributed by atoms with Crippen LogP contribution >= 0.6 is 27.7 Å². The van der Waals surface area contributed by atoms with Crippen LogP contribution in [0.1, 0.15) is 11.7 Å². The van der Waals surface area contributed by atoms with E-state index < -0.39 is 6.10 Å². The molecule has 3 nitrogen and oxygen atoms in total. The van der Waals surface area contributed by atoms with E-state index in [1.807, 2.05) is 36.4 Å². The van der Waals surface area contributed by atoms with Crippen LogP contribution in [0.2, 0.25) is 0 Å². The molecule has 112 valence electrons. The molecule has 0 fully saturated rings. The summed E-state index contributed by atoms with van der Waals surface area (Å²) in [6.45, 7) is 0. The van der Waals surface area contributed by atoms with Crippen LogP contribution in [0, 0.1) is 0 Å². The summed E-state index contributed by atoms with van der Waals surface area (Å²) in [6.07, 6.45) is -0.585. The molecular formula is C16H17BrO3S. The van der Waals surface area contributed by atoms with Gasteiger partial charge in [0.2, 0.25) is 0 Å². The average Bonchev–Trinajstić information content (AvgIpc) is 2.52. The van der Waals surface area contributed by atoms with Crippen molar-refractivity contribution < 1.29 is 14.6 Å². The van der Waals surface area contributed by atoms with E-state index in [0.717, 1.165) is 14.9 Å². The average molecular weight is 369 g/mol. The van der Waals surface area contributed by atoms with Crippen LogP contribution in [0.5, 0.6) is 11.5 Å². The monoisotopic (exact) mass is 368 g/mol. The second-order valence-corrected chi connectivity index (χ2v) is 6.44. The summed E-state index contributed by atoms with van der Waals surface area (Å²) in [5.41, 5.74) is 0.786. The number of methoxy groups -OCH3 is 2. The lowest BCUT2D eigenvalue weighted by Crippen LogP contribution is -2.02. The van der Waals surface area contributed by atoms with E-state index in [1.165, 1.54) is 0 Å². The van der Waals surface area contributed by atoms with Crippen LogP contribution < -0.4 is 9.47 Å². The fourth-order valence-electron chi connectivity index (χ4n) is 1.85. The van der Waals surface area contributed by atoms with Gasteiger partial charge in [0.15, 0.2) is 0 Å². The van der Waals surface area contributed by atoms with Gasteiger partial charge in [-0.15, -0.1) is 11.8 Å². The fraction of sp³-hybridized carbons (Fsp3) is 0.250. The van der Waals surface area contributed by atoms with Crippen molar-refractivity contribution in [3.63, 3.8) is 0 Å². The molecule has 0 radical (unpaired) electrons. The maximum Gasteiger partial charge on any atom is 0.122 e. The molecule has 0 aromatic heterocycles. The van der Waals surface area contributed by atoms with Crippen LogP contribution in [0.25, 0.3) is 0 Å². The van der Waals surface area contributed by atoms with Crippen LogP contribution in [-0.4, -0.2) is 25.1 Å². The highest BCUT2D eigenvalue weighted by molar-refractivity contribution is 9.10. The van der Waals surface area contributed by atoms with E-state index in [0.29, 0.717) is 17.3 Å². The van der Waals surface area contributed by atoms with Gasteiger partial charge in [0.25, 0.3) is 0 Å². The maximum atomic E-state index is 10.3. The van der Waals surface area contributed by atoms with E-state index in [2.05, 4.69) is 15.9 Å². The Morgan fingerprint density at radius 1 is 1.10 bits per heavy atom. The normalized spacial score (nSPS) is 12.0. The number of hydrogen-bond donors (Lipinski definition) is 1. The number of benzene rings is 2. The number of halogens is 1. The Morgan fingerprint density at radius 3 is 2.33 bits per heavy atom. The molecule has 2 aromatic rings. The highest BCUT2D eigenvalue weighted by Gasteiger charge is 2.12. The third-order valence-electron chi connectivity index (χ3n) is 2.96. The summed E-state index contributed by atoms with van der Waals surface area (Å²) in [5, 5.41) is 10.3. The van der Waals surface area contributed by atoms with E-state index in [1.54, 1.807) is 32.0 Å². The Kier molecular flexibility index (Phi) is 5.96. The van der Waals surface area contributed by atoms with Gasteiger partial charge >= 0.3 is 0 Å². The van der Waals surface area contributed by atoms with E-state index in [9.17, 15) is 5.11 Å². The standard InChI is InChI=1S/C16H17BrO3S/c1-19-13-6-11(7-14(9-13)20-2)16(18)10-21-15-5-3-4-12(17)8-15/h3-9,16,18H,10H2,1-2H3. The molecule has 0 saturated heterocycles. The topological polar surface area (TPSA) is 38.7 Å². The number of hydrogen-bond acceptors (Lipinski definition) is 4. The molecule has 0 spiro atoms. The molecule has 0 saturated carbocycles. The molecule has 1 N–H and O–H groups in total. The summed E-state index contributed by atoms with van der Waals surface area (Å²) in [5.74, 6) is 1.92. The number of thioether (sulfide) groups is 1. The first-order valence-electron chi connectivity index (χ1n) is 6.42. The summed E-state index contributed by atoms with van der Waals surface area (Å²) >= 11 is 5.05. The minimum Gasteiger partial charge on any atom is -0.497 e. The molecule has 0 aliphatic carbocycles. The third-order valence-corrected chi connectivity index (χ3v) is 4.53. The number of ether oxygens (including phenoxy) is 2. The van der Waals surface area contributed by atoms with Crippen LogP contribution in [0.3, 0.4) is 0 Å². The Balaban J connectivity index is 2.07. The van der Waals surface area contributed by atoms with Crippen molar-refractivity contribution in [1.82, 2.24) is 0 Å². The van der Waals surface area contributed by atoms with Crippen molar-refractivity contribution in [2.45, 2.75) is 11.0 Å². The zero-order valence-electron chi connectivity index (χ0n) is 11.9. The second kappa shape index (κ2) is 7.73. The molecule has 2 aromatic carbocycles. The van der Waals surface area contributed by atoms with Crippen molar-refractivity contribution in [2.75, 3.05) is 20.0 Å². The van der Waals surface area contributed by atoms with E-state index in [-0.39, 0.29) is 0 Å². The highest BCUT2D eigenvalue weighted by Crippen LogP contribution is 2.30. The second-order valence-electron chi connectivity index (χ2n) is 4.43. The molecule has 0 heterocycles. The molecule has 0 bridgehead atoms. The smallest absolute Gasteiger partial charge is 0.122 e. The summed E-state index contributed by atoms with van der Waals surface area (Å²) in [7, 11) is 3.20. The van der Waals surface area contributed by atoms with Gasteiger partial charge in [-0.05, 0) is 35.9 Å². The summed E-state index contributed by atoms with van der Waals surface area (Å²) < 4.78 is 11.5. The zero-order valence-corrected chi connectivity index (χ0v) is 14.3. The van der Waals surface area contributed by atoms with E-state index in [4.69, 9.17) is 9.47 Å². The zero-order chi connectivity index (χ0) is 15.2. The number of aliphatic hydroxyl groups is 1. The van der Waals surface area contributed by atoms with Crippen molar-refractivity contribution in [2.24, 2.45) is 0 Å². The Labute approximate surface area is 137 Å². The molecule has 0 aliphatic rings. The molecular weight excluding hydrogens is 352 g/mol. The summed E-state index contributed by atoms with van der Waals surface area (Å²) in [6, 6.07) is 13.5. The molecule has 1 atom stereocenters. The number of rotatable bonds is 6. The van der Waals surface area contributed by atoms with Crippen molar-refractivity contribution in [1.29, 1.82) is 0 Å². The predicted molar refractivity (Wildman–Crippen MR) is 89.4 cm³/mol. The van der Waals surface area contributed by atoms with Crippen LogP contribution in [-0.2, 0) is 0 Å². The lowest BCUT2D eigenvalue weighted by Gasteiger charge is -2.14. The van der Waals surface area contributed by atoms with Gasteiger partial charge < -0.3 is 14.6 Å². The van der Waals surface area contributed by atoms with Crippen molar-refractivity contribution in [3.05, 3.63) is 52.5 Å². The summed E-state index contributed by atoms with van der Waals surface area (Å²) in [4.78, 5) is 1.11. The first kappa shape index (κ1) is 16.2. The molecule has 0 aliphatic heterocycles. The van der Waals surface area contributed by atoms with Gasteiger partial charge in [0.1, 0.15) is 11.5 Å². The molecule has 21 heavy (non-hydrogen) atoms. The lowest BCUT2D eigenvalue weighted by molar-refractivity contribution is 0.203. The van der Waals surface area contributed by atoms with Crippen LogP contribution in [0.4, 0.5) is 0 Å². The van der Waals surface area contributed by atoms with Crippen molar-refractivity contribution in [3.8, 4) is 11.5 Å². The lowest BCUT2D eigenvalue weighted by atomic mass is 10.1. The van der Waals surface area contributed by atoms with Gasteiger partial charge in [-0.1, -0.05) is 22.0 Å². The van der Waals surface area contributed by atoms with Gasteiger partial charge in [-0.25, -0.2) is 0 Å². The number of aliphatic hydroxyl groups excluding tert-OH is 1. The van der Waals surface area contributed by atoms with Gasteiger partial charge in [-0.3, -0.25) is 0 Å². The van der Waals surface area contributed by atoms with E-state index >= 15 is 0 Å². The van der Waals surface area contributed by atoms with Crippen molar-refractivity contribution >= 4 is 27.7 Å². The van der Waals surface area contributed by atoms with Gasteiger partial charge in [-0.2, -0.15) is 0 Å². The molecule has 0 amide bonds. The quantitative estimate of drug-likeness (QED) is 0.771. The molecule has 2 rings (SSSR count). The minimum absolute atomic E-state index is 0.562. The predicted octanol–water partition coefficient (Wildman–Crippen LogP) is 4.29.